The maximum absolute atomic E-state index is 12.0. The fourth-order valence-corrected chi connectivity index (χ4v) is 6.25. The fourth-order valence-electron chi connectivity index (χ4n) is 4.93. The Morgan fingerprint density at radius 1 is 1.11 bits per heavy atom. The number of aromatic nitrogens is 1. The van der Waals surface area contributed by atoms with Crippen molar-refractivity contribution in [1.29, 1.82) is 0 Å². The predicted octanol–water partition coefficient (Wildman–Crippen LogP) is 7.03. The standard InChI is InChI=1S/C30H39ClN2O3S/c1-20(34)32-15-7-8-27(32)36-19-22-11-14-25-24(16-22)28(37-29(2,3)4)26(17-30(5,6)35)33(25)18-21-9-12-23(31)13-10-21/h9-14,16,27,35H,7-8,15,17-19H2,1-6H3/t27-/m1/s1. The Morgan fingerprint density at radius 2 is 1.78 bits per heavy atom. The van der Waals surface area contributed by atoms with Crippen LogP contribution in [-0.2, 0) is 29.1 Å². The maximum Gasteiger partial charge on any atom is 0.221 e. The van der Waals surface area contributed by atoms with E-state index in [0.29, 0.717) is 19.6 Å². The summed E-state index contributed by atoms with van der Waals surface area (Å²) in [5, 5.41) is 12.8. The van der Waals surface area contributed by atoms with E-state index < -0.39 is 5.60 Å². The highest BCUT2D eigenvalue weighted by Crippen LogP contribution is 2.43. The summed E-state index contributed by atoms with van der Waals surface area (Å²) in [6.45, 7) is 13.9. The van der Waals surface area contributed by atoms with Gasteiger partial charge in [0.1, 0.15) is 6.23 Å². The molecule has 1 aromatic heterocycles. The van der Waals surface area contributed by atoms with Crippen molar-refractivity contribution in [3.63, 3.8) is 0 Å². The molecule has 1 fully saturated rings. The molecule has 2 aromatic carbocycles. The van der Waals surface area contributed by atoms with Gasteiger partial charge in [-0.3, -0.25) is 4.79 Å². The number of hydrogen-bond acceptors (Lipinski definition) is 4. The third-order valence-corrected chi connectivity index (χ3v) is 8.02. The topological polar surface area (TPSA) is 54.7 Å². The average Bonchev–Trinajstić information content (AvgIpc) is 3.36. The summed E-state index contributed by atoms with van der Waals surface area (Å²) in [5.41, 5.74) is 3.65. The number of amides is 1. The van der Waals surface area contributed by atoms with E-state index in [0.717, 1.165) is 46.7 Å². The number of fused-ring (bicyclic) bond motifs is 1. The number of carbonyl (C=O) groups is 1. The van der Waals surface area contributed by atoms with Crippen molar-refractivity contribution in [3.05, 3.63) is 64.3 Å². The van der Waals surface area contributed by atoms with Gasteiger partial charge in [-0.25, -0.2) is 0 Å². The zero-order chi connectivity index (χ0) is 27.0. The molecule has 0 spiro atoms. The second kappa shape index (κ2) is 11.0. The van der Waals surface area contributed by atoms with Crippen LogP contribution in [0.3, 0.4) is 0 Å². The number of hydrogen-bond donors (Lipinski definition) is 1. The maximum atomic E-state index is 12.0. The predicted molar refractivity (Wildman–Crippen MR) is 153 cm³/mol. The Hall–Kier alpha value is -1.99. The molecule has 2 heterocycles. The van der Waals surface area contributed by atoms with Gasteiger partial charge in [-0.15, -0.1) is 11.8 Å². The van der Waals surface area contributed by atoms with Crippen LogP contribution in [0.5, 0.6) is 0 Å². The van der Waals surface area contributed by atoms with Crippen molar-refractivity contribution in [2.45, 2.75) is 95.4 Å². The van der Waals surface area contributed by atoms with Crippen LogP contribution >= 0.6 is 23.4 Å². The molecular weight excluding hydrogens is 504 g/mol. The lowest BCUT2D eigenvalue weighted by Gasteiger charge is -2.23. The minimum absolute atomic E-state index is 0.00786. The first-order chi connectivity index (χ1) is 17.3. The number of likely N-dealkylation sites (tertiary alicyclic amines) is 1. The van der Waals surface area contributed by atoms with Gasteiger partial charge in [0.15, 0.2) is 0 Å². The number of rotatable bonds is 8. The molecule has 0 unspecified atom stereocenters. The van der Waals surface area contributed by atoms with Crippen molar-refractivity contribution < 1.29 is 14.6 Å². The van der Waals surface area contributed by atoms with E-state index >= 15 is 0 Å². The van der Waals surface area contributed by atoms with Gasteiger partial charge in [0, 0.05) is 57.7 Å². The summed E-state index contributed by atoms with van der Waals surface area (Å²) in [6.07, 6.45) is 2.23. The second-order valence-electron chi connectivity index (χ2n) is 11.7. The molecule has 37 heavy (non-hydrogen) atoms. The highest BCUT2D eigenvalue weighted by atomic mass is 35.5. The molecule has 1 atom stereocenters. The number of nitrogens with zero attached hydrogens (tertiary/aromatic N) is 2. The summed E-state index contributed by atoms with van der Waals surface area (Å²) in [7, 11) is 0. The van der Waals surface area contributed by atoms with Crippen LogP contribution in [0.25, 0.3) is 10.9 Å². The first kappa shape index (κ1) is 28.0. The minimum Gasteiger partial charge on any atom is -0.390 e. The molecule has 200 valence electrons. The number of halogens is 1. The van der Waals surface area contributed by atoms with Crippen molar-refractivity contribution in [1.82, 2.24) is 9.47 Å². The molecule has 3 aromatic rings. The lowest BCUT2D eigenvalue weighted by molar-refractivity contribution is -0.140. The van der Waals surface area contributed by atoms with E-state index in [-0.39, 0.29) is 16.9 Å². The fraction of sp³-hybridized carbons (Fsp3) is 0.500. The summed E-state index contributed by atoms with van der Waals surface area (Å²) in [6, 6.07) is 14.5. The van der Waals surface area contributed by atoms with Gasteiger partial charge in [-0.2, -0.15) is 0 Å². The normalized spacial score (nSPS) is 16.6. The highest BCUT2D eigenvalue weighted by Gasteiger charge is 2.29. The van der Waals surface area contributed by atoms with Crippen molar-refractivity contribution in [2.75, 3.05) is 6.54 Å². The summed E-state index contributed by atoms with van der Waals surface area (Å²) >= 11 is 7.99. The minimum atomic E-state index is -0.857. The molecule has 1 aliphatic heterocycles. The van der Waals surface area contributed by atoms with E-state index in [1.165, 1.54) is 10.3 Å². The van der Waals surface area contributed by atoms with Crippen LogP contribution in [0.4, 0.5) is 0 Å². The van der Waals surface area contributed by atoms with Crippen LogP contribution in [0.1, 0.15) is 71.2 Å². The molecule has 1 amide bonds. The SMILES string of the molecule is CC(=O)N1CCC[C@H]1OCc1ccc2c(c1)c(SC(C)(C)C)c(CC(C)(C)O)n2Cc1ccc(Cl)cc1. The van der Waals surface area contributed by atoms with Gasteiger partial charge >= 0.3 is 0 Å². The van der Waals surface area contributed by atoms with Gasteiger partial charge < -0.3 is 19.3 Å². The first-order valence-corrected chi connectivity index (χ1v) is 14.2. The van der Waals surface area contributed by atoms with E-state index in [1.807, 2.05) is 42.6 Å². The van der Waals surface area contributed by atoms with Crippen molar-refractivity contribution >= 4 is 40.2 Å². The third-order valence-electron chi connectivity index (χ3n) is 6.49. The number of thioether (sulfide) groups is 1. The molecule has 0 radical (unpaired) electrons. The Morgan fingerprint density at radius 3 is 2.41 bits per heavy atom. The largest absolute Gasteiger partial charge is 0.390 e. The quantitative estimate of drug-likeness (QED) is 0.310. The smallest absolute Gasteiger partial charge is 0.221 e. The number of carbonyl (C=O) groups excluding carboxylic acids is 1. The number of aliphatic hydroxyl groups is 1. The van der Waals surface area contributed by atoms with Gasteiger partial charge in [0.05, 0.1) is 12.2 Å². The molecule has 0 bridgehead atoms. The van der Waals surface area contributed by atoms with Crippen LogP contribution in [-0.4, -0.2) is 43.6 Å². The van der Waals surface area contributed by atoms with Gasteiger partial charge in [-0.1, -0.05) is 50.6 Å². The zero-order valence-electron chi connectivity index (χ0n) is 22.8. The summed E-state index contributed by atoms with van der Waals surface area (Å²) in [4.78, 5) is 15.0. The molecule has 0 saturated carbocycles. The molecule has 0 aliphatic carbocycles. The lowest BCUT2D eigenvalue weighted by atomic mass is 10.0. The molecule has 5 nitrogen and oxygen atoms in total. The van der Waals surface area contributed by atoms with Gasteiger partial charge in [0.2, 0.25) is 5.91 Å². The average molecular weight is 543 g/mol. The van der Waals surface area contributed by atoms with Crippen molar-refractivity contribution in [2.24, 2.45) is 0 Å². The first-order valence-electron chi connectivity index (χ1n) is 13.0. The third kappa shape index (κ3) is 7.11. The number of benzene rings is 2. The summed E-state index contributed by atoms with van der Waals surface area (Å²) < 4.78 is 8.55. The van der Waals surface area contributed by atoms with Gasteiger partial charge in [-0.05, 0) is 62.1 Å². The monoisotopic (exact) mass is 542 g/mol. The van der Waals surface area contributed by atoms with E-state index in [1.54, 1.807) is 6.92 Å². The molecule has 1 aliphatic rings. The van der Waals surface area contributed by atoms with Crippen LogP contribution in [0.2, 0.25) is 5.02 Å². The Kier molecular flexibility index (Phi) is 8.34. The highest BCUT2D eigenvalue weighted by molar-refractivity contribution is 8.00. The second-order valence-corrected chi connectivity index (χ2v) is 13.9. The Labute approximate surface area is 230 Å². The molecular formula is C30H39ClN2O3S. The Bertz CT molecular complexity index is 1260. The van der Waals surface area contributed by atoms with Crippen LogP contribution < -0.4 is 0 Å². The van der Waals surface area contributed by atoms with Crippen LogP contribution in [0.15, 0.2) is 47.4 Å². The molecule has 4 rings (SSSR count). The molecule has 1 N–H and O–H groups in total. The zero-order valence-corrected chi connectivity index (χ0v) is 24.4. The van der Waals surface area contributed by atoms with E-state index in [4.69, 9.17) is 16.3 Å². The number of ether oxygens (including phenoxy) is 1. The Balaban J connectivity index is 1.77. The van der Waals surface area contributed by atoms with Crippen LogP contribution in [0, 0.1) is 0 Å². The van der Waals surface area contributed by atoms with Gasteiger partial charge in [0.25, 0.3) is 0 Å². The van der Waals surface area contributed by atoms with E-state index in [9.17, 15) is 9.90 Å². The molecule has 1 saturated heterocycles. The van der Waals surface area contributed by atoms with E-state index in [2.05, 4.69) is 55.7 Å². The summed E-state index contributed by atoms with van der Waals surface area (Å²) in [5.74, 6) is 0.0670. The lowest BCUT2D eigenvalue weighted by Crippen LogP contribution is -2.35. The molecule has 7 heteroatoms. The van der Waals surface area contributed by atoms with Crippen molar-refractivity contribution in [3.8, 4) is 0 Å².